The molecule has 0 aromatic heterocycles. The first-order chi connectivity index (χ1) is 7.58. The van der Waals surface area contributed by atoms with Crippen molar-refractivity contribution in [2.45, 2.75) is 27.2 Å². The Morgan fingerprint density at radius 3 is 1.88 bits per heavy atom. The van der Waals surface area contributed by atoms with Crippen LogP contribution in [0.5, 0.6) is 0 Å². The molecular weight excluding hydrogens is 204 g/mol. The van der Waals surface area contributed by atoms with Crippen LogP contribution in [0.15, 0.2) is 18.2 Å². The van der Waals surface area contributed by atoms with Gasteiger partial charge in [-0.1, -0.05) is 25.1 Å². The molecule has 1 aromatic rings. The highest BCUT2D eigenvalue weighted by Crippen LogP contribution is 2.12. The Kier molecular flexibility index (Phi) is 11.3. The Balaban J connectivity index is 0. The summed E-state index contributed by atoms with van der Waals surface area (Å²) < 4.78 is 0. The van der Waals surface area contributed by atoms with Crippen LogP contribution in [-0.4, -0.2) is 12.2 Å². The van der Waals surface area contributed by atoms with Crippen LogP contribution in [-0.2, 0) is 16.0 Å². The summed E-state index contributed by atoms with van der Waals surface area (Å²) in [6.45, 7) is 6.55. The summed E-state index contributed by atoms with van der Waals surface area (Å²) in [5, 5.41) is 10.8. The third-order valence-corrected chi connectivity index (χ3v) is 2.10. The van der Waals surface area contributed by atoms with E-state index < -0.39 is 0 Å². The number of isocyanates is 2. The van der Waals surface area contributed by atoms with Gasteiger partial charge in [0.2, 0.25) is 12.2 Å². The normalized spacial score (nSPS) is 7.19. The van der Waals surface area contributed by atoms with Gasteiger partial charge in [0.05, 0.1) is 0 Å². The van der Waals surface area contributed by atoms with Gasteiger partial charge in [0, 0.05) is 0 Å². The second-order valence-corrected chi connectivity index (χ2v) is 2.92. The lowest BCUT2D eigenvalue weighted by atomic mass is 10.0. The zero-order chi connectivity index (χ0) is 13.0. The minimum atomic E-state index is 0.750. The fraction of sp³-hybridized carbons (Fsp3) is 0.333. The zero-order valence-electron chi connectivity index (χ0n) is 9.76. The molecule has 1 aromatic carbocycles. The molecule has 1 rings (SSSR count). The van der Waals surface area contributed by atoms with Gasteiger partial charge in [-0.3, -0.25) is 0 Å². The molecule has 0 aliphatic rings. The Morgan fingerprint density at radius 2 is 1.56 bits per heavy atom. The third-order valence-electron chi connectivity index (χ3n) is 2.10. The number of benzene rings is 1. The van der Waals surface area contributed by atoms with Crippen LogP contribution in [0.3, 0.4) is 0 Å². The molecule has 0 unspecified atom stereocenters. The SMILES string of the molecule is CCc1cccc(C)c1C.N=C=O.N=C=O. The van der Waals surface area contributed by atoms with Gasteiger partial charge >= 0.3 is 0 Å². The zero-order valence-corrected chi connectivity index (χ0v) is 9.76. The van der Waals surface area contributed by atoms with Crippen LogP contribution in [0.25, 0.3) is 0 Å². The van der Waals surface area contributed by atoms with Gasteiger partial charge in [-0.25, -0.2) is 20.4 Å². The summed E-state index contributed by atoms with van der Waals surface area (Å²) in [6.07, 6.45) is 2.65. The van der Waals surface area contributed by atoms with E-state index in [0.717, 1.165) is 18.6 Å². The Bertz CT molecular complexity index is 363. The van der Waals surface area contributed by atoms with E-state index in [2.05, 4.69) is 39.0 Å². The topological polar surface area (TPSA) is 81.8 Å². The average Bonchev–Trinajstić information content (AvgIpc) is 2.24. The molecule has 0 saturated carbocycles. The highest BCUT2D eigenvalue weighted by molar-refractivity contribution is 5.32. The van der Waals surface area contributed by atoms with Gasteiger partial charge < -0.3 is 0 Å². The van der Waals surface area contributed by atoms with Crippen LogP contribution >= 0.6 is 0 Å². The van der Waals surface area contributed by atoms with E-state index in [4.69, 9.17) is 20.4 Å². The van der Waals surface area contributed by atoms with Gasteiger partial charge in [-0.05, 0) is 37.0 Å². The van der Waals surface area contributed by atoms with E-state index in [1.54, 1.807) is 0 Å². The van der Waals surface area contributed by atoms with Crippen molar-refractivity contribution in [3.63, 3.8) is 0 Å². The van der Waals surface area contributed by atoms with Crippen molar-refractivity contribution in [1.29, 1.82) is 10.8 Å². The Hall–Kier alpha value is -2.02. The van der Waals surface area contributed by atoms with Gasteiger partial charge in [-0.2, -0.15) is 0 Å². The summed E-state index contributed by atoms with van der Waals surface area (Å²) in [7, 11) is 0. The summed E-state index contributed by atoms with van der Waals surface area (Å²) >= 11 is 0. The second-order valence-electron chi connectivity index (χ2n) is 2.92. The molecule has 4 nitrogen and oxygen atoms in total. The maximum absolute atomic E-state index is 8.35. The molecule has 0 radical (unpaired) electrons. The van der Waals surface area contributed by atoms with E-state index >= 15 is 0 Å². The average molecular weight is 220 g/mol. The summed E-state index contributed by atoms with van der Waals surface area (Å²) in [5.41, 5.74) is 4.32. The third kappa shape index (κ3) is 7.39. The number of hydrogen-bond donors (Lipinski definition) is 2. The first-order valence-electron chi connectivity index (χ1n) is 4.71. The summed E-state index contributed by atoms with van der Waals surface area (Å²) in [4.78, 5) is 16.7. The number of aryl methyl sites for hydroxylation is 2. The van der Waals surface area contributed by atoms with E-state index in [0.29, 0.717) is 0 Å². The highest BCUT2D eigenvalue weighted by Gasteiger charge is 1.95. The minimum Gasteiger partial charge on any atom is -0.222 e. The standard InChI is InChI=1S/C10H14.2CHNO/c1-4-10-7-5-6-8(2)9(10)3;2*2-1-3/h5-7H,4H2,1-3H3;2*2H. The summed E-state index contributed by atoms with van der Waals surface area (Å²) in [6, 6.07) is 6.48. The van der Waals surface area contributed by atoms with E-state index in [1.165, 1.54) is 16.7 Å². The minimum absolute atomic E-state index is 0.750. The van der Waals surface area contributed by atoms with E-state index in [9.17, 15) is 0 Å². The molecule has 0 aliphatic heterocycles. The first-order valence-corrected chi connectivity index (χ1v) is 4.71. The van der Waals surface area contributed by atoms with Crippen molar-refractivity contribution in [2.75, 3.05) is 0 Å². The lowest BCUT2D eigenvalue weighted by Gasteiger charge is -2.04. The molecule has 0 atom stereocenters. The van der Waals surface area contributed by atoms with E-state index in [1.807, 2.05) is 0 Å². The number of hydrogen-bond acceptors (Lipinski definition) is 4. The first kappa shape index (κ1) is 16.4. The van der Waals surface area contributed by atoms with Crippen LogP contribution in [0.2, 0.25) is 0 Å². The Morgan fingerprint density at radius 1 is 1.12 bits per heavy atom. The van der Waals surface area contributed by atoms with Crippen LogP contribution in [0.1, 0.15) is 23.6 Å². The van der Waals surface area contributed by atoms with Crippen LogP contribution < -0.4 is 0 Å². The second kappa shape index (κ2) is 11.1. The molecule has 0 heterocycles. The van der Waals surface area contributed by atoms with Gasteiger partial charge in [-0.15, -0.1) is 0 Å². The molecule has 0 spiro atoms. The number of carbonyl (C=O) groups excluding carboxylic acids is 2. The van der Waals surface area contributed by atoms with Crippen molar-refractivity contribution in [1.82, 2.24) is 0 Å². The predicted octanol–water partition coefficient (Wildman–Crippen LogP) is 2.67. The van der Waals surface area contributed by atoms with Crippen LogP contribution in [0, 0.1) is 24.7 Å². The molecule has 4 heteroatoms. The molecule has 16 heavy (non-hydrogen) atoms. The number of nitrogens with one attached hydrogen (secondary N) is 2. The molecule has 0 saturated heterocycles. The van der Waals surface area contributed by atoms with Crippen molar-refractivity contribution < 1.29 is 9.59 Å². The molecule has 0 fully saturated rings. The van der Waals surface area contributed by atoms with Crippen molar-refractivity contribution in [3.05, 3.63) is 34.9 Å². The van der Waals surface area contributed by atoms with Crippen molar-refractivity contribution in [2.24, 2.45) is 0 Å². The molecule has 0 bridgehead atoms. The molecule has 86 valence electrons. The van der Waals surface area contributed by atoms with E-state index in [-0.39, 0.29) is 0 Å². The van der Waals surface area contributed by atoms with Gasteiger partial charge in [0.1, 0.15) is 0 Å². The van der Waals surface area contributed by atoms with Crippen molar-refractivity contribution in [3.8, 4) is 0 Å². The molecular formula is C12H16N2O2. The maximum atomic E-state index is 8.35. The highest BCUT2D eigenvalue weighted by atomic mass is 16.1. The lowest BCUT2D eigenvalue weighted by molar-refractivity contribution is 0.562. The maximum Gasteiger partial charge on any atom is 0.231 e. The Labute approximate surface area is 95.3 Å². The predicted molar refractivity (Wildman–Crippen MR) is 62.1 cm³/mol. The fourth-order valence-corrected chi connectivity index (χ4v) is 1.19. The molecule has 0 amide bonds. The summed E-state index contributed by atoms with van der Waals surface area (Å²) in [5.74, 6) is 0. The van der Waals surface area contributed by atoms with Gasteiger partial charge in [0.25, 0.3) is 0 Å². The lowest BCUT2D eigenvalue weighted by Crippen LogP contribution is -1.88. The van der Waals surface area contributed by atoms with Crippen molar-refractivity contribution >= 4 is 12.2 Å². The largest absolute Gasteiger partial charge is 0.231 e. The smallest absolute Gasteiger partial charge is 0.222 e. The molecule has 0 aliphatic carbocycles. The quantitative estimate of drug-likeness (QED) is 0.563. The van der Waals surface area contributed by atoms with Gasteiger partial charge in [0.15, 0.2) is 0 Å². The molecule has 2 N–H and O–H groups in total. The van der Waals surface area contributed by atoms with Crippen LogP contribution in [0.4, 0.5) is 0 Å². The monoisotopic (exact) mass is 220 g/mol. The number of rotatable bonds is 1. The fourth-order valence-electron chi connectivity index (χ4n) is 1.19.